The molecule has 3 rings (SSSR count). The number of carbonyl (C=O) groups is 2. The molecular weight excluding hydrogens is 354 g/mol. The van der Waals surface area contributed by atoms with E-state index in [-0.39, 0.29) is 18.5 Å². The number of hydrogen-bond acceptors (Lipinski definition) is 4. The van der Waals surface area contributed by atoms with Crippen LogP contribution >= 0.6 is 0 Å². The van der Waals surface area contributed by atoms with Gasteiger partial charge in [0.1, 0.15) is 5.75 Å². The summed E-state index contributed by atoms with van der Waals surface area (Å²) in [4.78, 5) is 26.7. The number of nitrogens with zero attached hydrogens (tertiary/aromatic N) is 1. The molecule has 3 atom stereocenters. The molecule has 0 aliphatic carbocycles. The van der Waals surface area contributed by atoms with Gasteiger partial charge >= 0.3 is 5.97 Å². The zero-order valence-electron chi connectivity index (χ0n) is 17.1. The van der Waals surface area contributed by atoms with Crippen molar-refractivity contribution in [3.05, 3.63) is 42.0 Å². The topological polar surface area (TPSA) is 55.8 Å². The minimum absolute atomic E-state index is 0.107. The molecule has 5 heteroatoms. The summed E-state index contributed by atoms with van der Waals surface area (Å²) < 4.78 is 10.6. The first-order valence-electron chi connectivity index (χ1n) is 9.89. The van der Waals surface area contributed by atoms with Gasteiger partial charge in [0.05, 0.1) is 13.0 Å². The summed E-state index contributed by atoms with van der Waals surface area (Å²) in [5, 5.41) is 2.08. The SMILES string of the molecule is COc1ccc2cc([C@H](C)C(=O)OCC(=O)N3C[C@H](C)C[C@H](C)C3)ccc2c1. The molecule has 1 aliphatic heterocycles. The first-order valence-corrected chi connectivity index (χ1v) is 9.89. The van der Waals surface area contributed by atoms with E-state index in [4.69, 9.17) is 9.47 Å². The Morgan fingerprint density at radius 3 is 2.39 bits per heavy atom. The normalized spacial score (nSPS) is 20.6. The zero-order valence-corrected chi connectivity index (χ0v) is 17.1. The lowest BCUT2D eigenvalue weighted by Gasteiger charge is -2.34. The Balaban J connectivity index is 1.61. The maximum atomic E-state index is 12.5. The average Bonchev–Trinajstić information content (AvgIpc) is 2.69. The van der Waals surface area contributed by atoms with Crippen LogP contribution in [0.2, 0.25) is 0 Å². The third-order valence-corrected chi connectivity index (χ3v) is 5.48. The van der Waals surface area contributed by atoms with E-state index in [0.717, 1.165) is 41.6 Å². The molecular formula is C23H29NO4. The minimum atomic E-state index is -0.432. The quantitative estimate of drug-likeness (QED) is 0.733. The third-order valence-electron chi connectivity index (χ3n) is 5.48. The first kappa shape index (κ1) is 20.2. The molecule has 2 aromatic rings. The zero-order chi connectivity index (χ0) is 20.3. The molecule has 5 nitrogen and oxygen atoms in total. The molecule has 1 saturated heterocycles. The lowest BCUT2D eigenvalue weighted by atomic mass is 9.92. The Kier molecular flexibility index (Phi) is 6.22. The summed E-state index contributed by atoms with van der Waals surface area (Å²) in [6, 6.07) is 11.7. The number of piperidine rings is 1. The smallest absolute Gasteiger partial charge is 0.313 e. The second-order valence-electron chi connectivity index (χ2n) is 8.05. The number of likely N-dealkylation sites (tertiary alicyclic amines) is 1. The number of amides is 1. The molecule has 0 unspecified atom stereocenters. The number of ether oxygens (including phenoxy) is 2. The number of methoxy groups -OCH3 is 1. The summed E-state index contributed by atoms with van der Waals surface area (Å²) in [7, 11) is 1.64. The van der Waals surface area contributed by atoms with Crippen molar-refractivity contribution in [2.24, 2.45) is 11.8 Å². The van der Waals surface area contributed by atoms with Crippen molar-refractivity contribution in [1.29, 1.82) is 0 Å². The minimum Gasteiger partial charge on any atom is -0.497 e. The molecule has 0 spiro atoms. The first-order chi connectivity index (χ1) is 13.4. The van der Waals surface area contributed by atoms with E-state index in [1.165, 1.54) is 0 Å². The maximum Gasteiger partial charge on any atom is 0.313 e. The van der Waals surface area contributed by atoms with E-state index in [1.54, 1.807) is 7.11 Å². The molecule has 150 valence electrons. The predicted octanol–water partition coefficient (Wildman–Crippen LogP) is 4.00. The van der Waals surface area contributed by atoms with Crippen LogP contribution in [0.4, 0.5) is 0 Å². The number of carbonyl (C=O) groups excluding carboxylic acids is 2. The van der Waals surface area contributed by atoms with Crippen LogP contribution in [0, 0.1) is 11.8 Å². The van der Waals surface area contributed by atoms with Gasteiger partial charge in [-0.15, -0.1) is 0 Å². The molecule has 0 saturated carbocycles. The largest absolute Gasteiger partial charge is 0.497 e. The summed E-state index contributed by atoms with van der Waals surface area (Å²) in [5.41, 5.74) is 0.871. The summed E-state index contributed by atoms with van der Waals surface area (Å²) in [6.45, 7) is 7.41. The highest BCUT2D eigenvalue weighted by Crippen LogP contribution is 2.26. The number of benzene rings is 2. The Bertz CT molecular complexity index is 853. The Labute approximate surface area is 166 Å². The highest BCUT2D eigenvalue weighted by atomic mass is 16.5. The van der Waals surface area contributed by atoms with Crippen LogP contribution in [0.3, 0.4) is 0 Å². The highest BCUT2D eigenvalue weighted by Gasteiger charge is 2.26. The second-order valence-corrected chi connectivity index (χ2v) is 8.05. The summed E-state index contributed by atoms with van der Waals surface area (Å²) in [6.07, 6.45) is 1.13. The molecule has 0 bridgehead atoms. The standard InChI is InChI=1S/C23H29NO4/c1-15-9-16(2)13-24(12-15)22(25)14-28-23(26)17(3)18-5-6-20-11-21(27-4)8-7-19(20)10-18/h5-8,10-11,15-17H,9,12-14H2,1-4H3/t15-,16+,17-/m0/s1. The van der Waals surface area contributed by atoms with Gasteiger partial charge < -0.3 is 14.4 Å². The van der Waals surface area contributed by atoms with Gasteiger partial charge in [0.15, 0.2) is 6.61 Å². The van der Waals surface area contributed by atoms with Crippen molar-refractivity contribution in [3.63, 3.8) is 0 Å². The van der Waals surface area contributed by atoms with Crippen LogP contribution in [-0.4, -0.2) is 43.6 Å². The van der Waals surface area contributed by atoms with Crippen LogP contribution in [0.15, 0.2) is 36.4 Å². The van der Waals surface area contributed by atoms with Gasteiger partial charge in [-0.05, 0) is 53.6 Å². The van der Waals surface area contributed by atoms with Crippen LogP contribution in [0.25, 0.3) is 10.8 Å². The van der Waals surface area contributed by atoms with Gasteiger partial charge in [0.25, 0.3) is 5.91 Å². The second kappa shape index (κ2) is 8.63. The van der Waals surface area contributed by atoms with Gasteiger partial charge in [0, 0.05) is 13.1 Å². The van der Waals surface area contributed by atoms with E-state index in [1.807, 2.05) is 48.2 Å². The number of fused-ring (bicyclic) bond motifs is 1. The van der Waals surface area contributed by atoms with Gasteiger partial charge in [0.2, 0.25) is 0 Å². The van der Waals surface area contributed by atoms with Crippen LogP contribution in [0.5, 0.6) is 5.75 Å². The average molecular weight is 383 g/mol. The van der Waals surface area contributed by atoms with Gasteiger partial charge in [-0.3, -0.25) is 9.59 Å². The number of hydrogen-bond donors (Lipinski definition) is 0. The van der Waals surface area contributed by atoms with Crippen molar-refractivity contribution in [2.75, 3.05) is 26.8 Å². The van der Waals surface area contributed by atoms with Crippen LogP contribution in [0.1, 0.15) is 38.7 Å². The van der Waals surface area contributed by atoms with Gasteiger partial charge in [-0.2, -0.15) is 0 Å². The number of esters is 1. The fourth-order valence-corrected chi connectivity index (χ4v) is 3.99. The van der Waals surface area contributed by atoms with E-state index in [2.05, 4.69) is 13.8 Å². The van der Waals surface area contributed by atoms with Crippen molar-refractivity contribution in [1.82, 2.24) is 4.90 Å². The van der Waals surface area contributed by atoms with Crippen molar-refractivity contribution >= 4 is 22.6 Å². The van der Waals surface area contributed by atoms with Gasteiger partial charge in [-0.25, -0.2) is 0 Å². The Morgan fingerprint density at radius 1 is 1.07 bits per heavy atom. The Hall–Kier alpha value is -2.56. The molecule has 1 heterocycles. The Morgan fingerprint density at radius 2 is 1.71 bits per heavy atom. The van der Waals surface area contributed by atoms with E-state index < -0.39 is 5.92 Å². The lowest BCUT2D eigenvalue weighted by Crippen LogP contribution is -2.44. The highest BCUT2D eigenvalue weighted by molar-refractivity contribution is 5.87. The maximum absolute atomic E-state index is 12.5. The molecule has 0 radical (unpaired) electrons. The number of rotatable bonds is 5. The molecule has 2 aromatic carbocycles. The van der Waals surface area contributed by atoms with Crippen LogP contribution < -0.4 is 4.74 Å². The monoisotopic (exact) mass is 383 g/mol. The fourth-order valence-electron chi connectivity index (χ4n) is 3.99. The van der Waals surface area contributed by atoms with Gasteiger partial charge in [-0.1, -0.05) is 38.1 Å². The molecule has 28 heavy (non-hydrogen) atoms. The lowest BCUT2D eigenvalue weighted by molar-refractivity contribution is -0.154. The van der Waals surface area contributed by atoms with Crippen molar-refractivity contribution < 1.29 is 19.1 Å². The molecule has 1 fully saturated rings. The third kappa shape index (κ3) is 4.64. The molecule has 0 N–H and O–H groups in total. The summed E-state index contributed by atoms with van der Waals surface area (Å²) >= 11 is 0. The van der Waals surface area contributed by atoms with E-state index in [9.17, 15) is 9.59 Å². The van der Waals surface area contributed by atoms with E-state index in [0.29, 0.717) is 11.8 Å². The predicted molar refractivity (Wildman–Crippen MR) is 109 cm³/mol. The van der Waals surface area contributed by atoms with Crippen LogP contribution in [-0.2, 0) is 14.3 Å². The molecule has 0 aromatic heterocycles. The van der Waals surface area contributed by atoms with Crippen molar-refractivity contribution in [2.45, 2.75) is 33.1 Å². The fraction of sp³-hybridized carbons (Fsp3) is 0.478. The summed E-state index contributed by atoms with van der Waals surface area (Å²) in [5.74, 6) is 0.854. The molecule has 1 aliphatic rings. The van der Waals surface area contributed by atoms with Crippen molar-refractivity contribution in [3.8, 4) is 5.75 Å². The molecule has 1 amide bonds. The van der Waals surface area contributed by atoms with E-state index >= 15 is 0 Å².